The van der Waals surface area contributed by atoms with Crippen LogP contribution >= 0.6 is 0 Å². The third kappa shape index (κ3) is 3.27. The summed E-state index contributed by atoms with van der Waals surface area (Å²) in [6.45, 7) is 0. The third-order valence-corrected chi connectivity index (χ3v) is 7.80. The molecule has 3 fully saturated rings. The van der Waals surface area contributed by atoms with E-state index in [0.717, 1.165) is 31.7 Å². The molecule has 0 radical (unpaired) electrons. The topological polar surface area (TPSA) is 78.9 Å². The van der Waals surface area contributed by atoms with Gasteiger partial charge >= 0.3 is 5.97 Å². The molecule has 3 aliphatic rings. The van der Waals surface area contributed by atoms with Gasteiger partial charge in [-0.25, -0.2) is 23.1 Å². The number of fused-ring (bicyclic) bond motifs is 5. The molecule has 4 aromatic rings. The fourth-order valence-corrected chi connectivity index (χ4v) is 6.30. The molecular formula is C26H22F3N3O2. The zero-order chi connectivity index (χ0) is 23.6. The summed E-state index contributed by atoms with van der Waals surface area (Å²) in [5.41, 5.74) is 1.35. The first-order valence-electron chi connectivity index (χ1n) is 11.5. The molecule has 34 heavy (non-hydrogen) atoms. The highest BCUT2D eigenvalue weighted by molar-refractivity contribution is 5.95. The lowest BCUT2D eigenvalue weighted by Crippen LogP contribution is -2.45. The summed E-state index contributed by atoms with van der Waals surface area (Å²) in [5, 5.41) is 10.5. The summed E-state index contributed by atoms with van der Waals surface area (Å²) >= 11 is 0. The Morgan fingerprint density at radius 3 is 2.56 bits per heavy atom. The average molecular weight is 465 g/mol. The first-order valence-corrected chi connectivity index (χ1v) is 11.5. The van der Waals surface area contributed by atoms with Crippen LogP contribution in [-0.4, -0.2) is 26.0 Å². The van der Waals surface area contributed by atoms with Gasteiger partial charge in [-0.3, -0.25) is 4.79 Å². The predicted molar refractivity (Wildman–Crippen MR) is 120 cm³/mol. The molecule has 2 N–H and O–H groups in total. The van der Waals surface area contributed by atoms with E-state index in [1.54, 1.807) is 12.1 Å². The number of carboxylic acid groups (broad SMARTS) is 1. The molecule has 0 amide bonds. The molecule has 7 rings (SSSR count). The van der Waals surface area contributed by atoms with E-state index in [9.17, 15) is 23.1 Å². The largest absolute Gasteiger partial charge is 0.481 e. The molecule has 2 aromatic carbocycles. The fraction of sp³-hybridized carbons (Fsp3) is 0.346. The number of aliphatic carboxylic acids is 1. The normalized spacial score (nSPS) is 24.2. The minimum absolute atomic E-state index is 0.129. The van der Waals surface area contributed by atoms with Gasteiger partial charge in [0.1, 0.15) is 17.5 Å². The molecule has 0 spiro atoms. The van der Waals surface area contributed by atoms with Crippen molar-refractivity contribution < 1.29 is 23.1 Å². The number of rotatable bonds is 4. The number of carbonyl (C=O) groups is 1. The number of carboxylic acids is 1. The van der Waals surface area contributed by atoms with Gasteiger partial charge < -0.3 is 10.1 Å². The maximum Gasteiger partial charge on any atom is 0.307 e. The lowest BCUT2D eigenvalue weighted by Gasteiger charge is -2.47. The molecule has 2 bridgehead atoms. The molecule has 3 saturated carbocycles. The van der Waals surface area contributed by atoms with E-state index in [0.29, 0.717) is 28.6 Å². The van der Waals surface area contributed by atoms with Gasteiger partial charge in [0.15, 0.2) is 5.82 Å². The van der Waals surface area contributed by atoms with E-state index >= 15 is 0 Å². The SMILES string of the molecule is O=C(O)C1C2CCC(CC2)C1Cc1nc(-c2c[nH]c3c(F)cc(F)cc23)nc2cccc(F)c12. The van der Waals surface area contributed by atoms with Crippen molar-refractivity contribution in [1.29, 1.82) is 0 Å². The highest BCUT2D eigenvalue weighted by Crippen LogP contribution is 2.50. The van der Waals surface area contributed by atoms with E-state index in [2.05, 4.69) is 15.0 Å². The lowest BCUT2D eigenvalue weighted by atomic mass is 9.57. The number of H-pyrrole nitrogens is 1. The minimum atomic E-state index is -0.805. The molecule has 5 nitrogen and oxygen atoms in total. The van der Waals surface area contributed by atoms with Crippen molar-refractivity contribution >= 4 is 27.8 Å². The van der Waals surface area contributed by atoms with Crippen molar-refractivity contribution in [2.24, 2.45) is 23.7 Å². The van der Waals surface area contributed by atoms with Crippen LogP contribution in [0.5, 0.6) is 0 Å². The maximum atomic E-state index is 15.0. The quantitative estimate of drug-likeness (QED) is 0.395. The van der Waals surface area contributed by atoms with Crippen molar-refractivity contribution in [1.82, 2.24) is 15.0 Å². The Labute approximate surface area is 193 Å². The average Bonchev–Trinajstić information content (AvgIpc) is 3.23. The lowest BCUT2D eigenvalue weighted by molar-refractivity contribution is -0.152. The molecule has 174 valence electrons. The second kappa shape index (κ2) is 7.82. The molecule has 3 aliphatic carbocycles. The molecule has 0 aliphatic heterocycles. The Kier molecular flexibility index (Phi) is 4.86. The predicted octanol–water partition coefficient (Wildman–Crippen LogP) is 5.87. The van der Waals surface area contributed by atoms with Crippen LogP contribution in [0.3, 0.4) is 0 Å². The van der Waals surface area contributed by atoms with Gasteiger partial charge in [-0.2, -0.15) is 0 Å². The summed E-state index contributed by atoms with van der Waals surface area (Å²) in [7, 11) is 0. The summed E-state index contributed by atoms with van der Waals surface area (Å²) < 4.78 is 43.2. The molecule has 2 atom stereocenters. The maximum absolute atomic E-state index is 15.0. The van der Waals surface area contributed by atoms with E-state index in [4.69, 9.17) is 0 Å². The molecular weight excluding hydrogens is 443 g/mol. The molecule has 8 heteroatoms. The standard InChI is InChI=1S/C26H22F3N3O2/c27-14-8-16-17(11-30-24(16)19(29)9-14)25-31-20-3-1-2-18(28)23(20)21(32-25)10-15-12-4-6-13(7-5-12)22(15)26(33)34/h1-3,8-9,11-13,15,22,30H,4-7,10H2,(H,33,34). The van der Waals surface area contributed by atoms with Gasteiger partial charge in [-0.15, -0.1) is 0 Å². The number of nitrogens with zero attached hydrogens (tertiary/aromatic N) is 2. The Morgan fingerprint density at radius 1 is 1.03 bits per heavy atom. The summed E-state index contributed by atoms with van der Waals surface area (Å²) in [4.78, 5) is 24.2. The van der Waals surface area contributed by atoms with Gasteiger partial charge in [0.05, 0.1) is 28.0 Å². The van der Waals surface area contributed by atoms with Crippen LogP contribution in [0, 0.1) is 41.1 Å². The van der Waals surface area contributed by atoms with Crippen LogP contribution in [0.4, 0.5) is 13.2 Å². The molecule has 2 unspecified atom stereocenters. The zero-order valence-corrected chi connectivity index (χ0v) is 18.2. The fourth-order valence-electron chi connectivity index (χ4n) is 6.30. The number of nitrogens with one attached hydrogen (secondary N) is 1. The van der Waals surface area contributed by atoms with E-state index < -0.39 is 29.3 Å². The Balaban J connectivity index is 1.52. The van der Waals surface area contributed by atoms with Gasteiger partial charge in [0, 0.05) is 23.2 Å². The second-order valence-electron chi connectivity index (χ2n) is 9.55. The minimum Gasteiger partial charge on any atom is -0.481 e. The van der Waals surface area contributed by atoms with Crippen molar-refractivity contribution in [2.45, 2.75) is 32.1 Å². The van der Waals surface area contributed by atoms with Gasteiger partial charge in [-0.1, -0.05) is 6.07 Å². The Hall–Kier alpha value is -3.42. The van der Waals surface area contributed by atoms with Crippen LogP contribution in [0.1, 0.15) is 31.4 Å². The second-order valence-corrected chi connectivity index (χ2v) is 9.55. The number of halogens is 3. The summed E-state index contributed by atoms with van der Waals surface area (Å²) in [5.74, 6) is -2.75. The van der Waals surface area contributed by atoms with Crippen LogP contribution in [0.15, 0.2) is 36.5 Å². The highest BCUT2D eigenvalue weighted by atomic mass is 19.1. The van der Waals surface area contributed by atoms with E-state index in [-0.39, 0.29) is 34.5 Å². The molecule has 2 aromatic heterocycles. The summed E-state index contributed by atoms with van der Waals surface area (Å²) in [6.07, 6.45) is 5.59. The smallest absolute Gasteiger partial charge is 0.307 e. The van der Waals surface area contributed by atoms with Crippen molar-refractivity contribution in [3.05, 3.63) is 59.7 Å². The highest BCUT2D eigenvalue weighted by Gasteiger charge is 2.47. The summed E-state index contributed by atoms with van der Waals surface area (Å²) in [6, 6.07) is 6.58. The van der Waals surface area contributed by atoms with E-state index in [1.807, 2.05) is 0 Å². The Bertz CT molecular complexity index is 1440. The van der Waals surface area contributed by atoms with Crippen molar-refractivity contribution in [2.75, 3.05) is 0 Å². The number of aromatic nitrogens is 3. The van der Waals surface area contributed by atoms with Crippen LogP contribution in [0.2, 0.25) is 0 Å². The first kappa shape index (κ1) is 21.1. The number of aromatic amines is 1. The first-order chi connectivity index (χ1) is 16.4. The van der Waals surface area contributed by atoms with Crippen LogP contribution < -0.4 is 0 Å². The Morgan fingerprint density at radius 2 is 1.79 bits per heavy atom. The van der Waals surface area contributed by atoms with Crippen molar-refractivity contribution in [3.8, 4) is 11.4 Å². The van der Waals surface area contributed by atoms with Crippen LogP contribution in [0.25, 0.3) is 33.2 Å². The van der Waals surface area contributed by atoms with Gasteiger partial charge in [0.25, 0.3) is 0 Å². The third-order valence-electron chi connectivity index (χ3n) is 7.80. The monoisotopic (exact) mass is 465 g/mol. The van der Waals surface area contributed by atoms with Gasteiger partial charge in [-0.05, 0) is 68.1 Å². The number of benzene rings is 2. The van der Waals surface area contributed by atoms with E-state index in [1.165, 1.54) is 18.3 Å². The van der Waals surface area contributed by atoms with Crippen molar-refractivity contribution in [3.63, 3.8) is 0 Å². The number of hydrogen-bond donors (Lipinski definition) is 2. The molecule has 0 saturated heterocycles. The molecule has 2 heterocycles. The number of hydrogen-bond acceptors (Lipinski definition) is 3. The van der Waals surface area contributed by atoms with Gasteiger partial charge in [0.2, 0.25) is 0 Å². The van der Waals surface area contributed by atoms with Crippen LogP contribution in [-0.2, 0) is 11.2 Å². The zero-order valence-electron chi connectivity index (χ0n) is 18.2.